The monoisotopic (exact) mass is 236 g/mol. The van der Waals surface area contributed by atoms with Crippen LogP contribution in [0, 0.1) is 0 Å². The zero-order valence-corrected chi connectivity index (χ0v) is 10.2. The molecule has 0 radical (unpaired) electrons. The summed E-state index contributed by atoms with van der Waals surface area (Å²) in [6.07, 6.45) is 2.66. The van der Waals surface area contributed by atoms with Crippen LogP contribution in [0.3, 0.4) is 0 Å². The molecule has 1 atom stereocenters. The number of hydrogen-bond acceptors (Lipinski definition) is 3. The van der Waals surface area contributed by atoms with Crippen LogP contribution in [-0.2, 0) is 9.53 Å². The fourth-order valence-electron chi connectivity index (χ4n) is 1.41. The van der Waals surface area contributed by atoms with E-state index in [9.17, 15) is 4.79 Å². The molecule has 0 spiro atoms. The van der Waals surface area contributed by atoms with Gasteiger partial charge in [0, 0.05) is 18.7 Å². The molecule has 0 aromatic rings. The number of hydrogen-bond donors (Lipinski definition) is 2. The van der Waals surface area contributed by atoms with Gasteiger partial charge in [-0.1, -0.05) is 0 Å². The second-order valence-corrected chi connectivity index (χ2v) is 4.60. The van der Waals surface area contributed by atoms with Crippen LogP contribution in [0.4, 0.5) is 0 Å². The maximum absolute atomic E-state index is 11.4. The van der Waals surface area contributed by atoms with Crippen molar-refractivity contribution in [2.45, 2.75) is 44.8 Å². The second-order valence-electron chi connectivity index (χ2n) is 4.60. The zero-order valence-electron chi connectivity index (χ0n) is 9.41. The molecular formula is C10H21ClN2O2. The molecule has 0 aromatic carbocycles. The average Bonchev–Trinajstić information content (AvgIpc) is 2.52. The van der Waals surface area contributed by atoms with Crippen LogP contribution < -0.4 is 11.1 Å². The zero-order chi connectivity index (χ0) is 10.6. The number of amides is 1. The van der Waals surface area contributed by atoms with E-state index in [0.29, 0.717) is 13.0 Å². The van der Waals surface area contributed by atoms with Gasteiger partial charge in [-0.2, -0.15) is 0 Å². The molecule has 0 bridgehead atoms. The molecule has 1 fully saturated rings. The Morgan fingerprint density at radius 2 is 2.27 bits per heavy atom. The second kappa shape index (κ2) is 6.30. The van der Waals surface area contributed by atoms with Gasteiger partial charge in [-0.25, -0.2) is 0 Å². The number of nitrogens with one attached hydrogen (secondary N) is 1. The molecule has 1 unspecified atom stereocenters. The number of carbonyl (C=O) groups excluding carboxylic acids is 1. The largest absolute Gasteiger partial charge is 0.378 e. The van der Waals surface area contributed by atoms with Gasteiger partial charge in [-0.15, -0.1) is 12.4 Å². The van der Waals surface area contributed by atoms with E-state index in [1.54, 1.807) is 0 Å². The first-order valence-electron chi connectivity index (χ1n) is 5.14. The SMILES string of the molecule is CC(C)(N)CNC(=O)CC1CCCO1.Cl. The van der Waals surface area contributed by atoms with Gasteiger partial charge in [0.1, 0.15) is 0 Å². The van der Waals surface area contributed by atoms with E-state index in [0.717, 1.165) is 19.4 Å². The lowest BCUT2D eigenvalue weighted by atomic mass is 10.1. The highest BCUT2D eigenvalue weighted by atomic mass is 35.5. The minimum Gasteiger partial charge on any atom is -0.378 e. The summed E-state index contributed by atoms with van der Waals surface area (Å²) >= 11 is 0. The van der Waals surface area contributed by atoms with Crippen LogP contribution in [0.2, 0.25) is 0 Å². The summed E-state index contributed by atoms with van der Waals surface area (Å²) in [6.45, 7) is 5.08. The quantitative estimate of drug-likeness (QED) is 0.760. The Morgan fingerprint density at radius 3 is 2.73 bits per heavy atom. The molecule has 1 aliphatic heterocycles. The summed E-state index contributed by atoms with van der Waals surface area (Å²) in [5, 5.41) is 2.81. The first-order valence-corrected chi connectivity index (χ1v) is 5.14. The van der Waals surface area contributed by atoms with E-state index in [1.807, 2.05) is 13.8 Å². The van der Waals surface area contributed by atoms with Crippen molar-refractivity contribution < 1.29 is 9.53 Å². The van der Waals surface area contributed by atoms with E-state index in [-0.39, 0.29) is 30.0 Å². The Balaban J connectivity index is 0.00000196. The molecule has 1 amide bonds. The fourth-order valence-corrected chi connectivity index (χ4v) is 1.41. The van der Waals surface area contributed by atoms with Gasteiger partial charge in [0.25, 0.3) is 0 Å². The third-order valence-electron chi connectivity index (χ3n) is 2.18. The summed E-state index contributed by atoms with van der Waals surface area (Å²) in [5.41, 5.74) is 5.40. The predicted molar refractivity (Wildman–Crippen MR) is 62.1 cm³/mol. The van der Waals surface area contributed by atoms with Gasteiger partial charge < -0.3 is 15.8 Å². The molecular weight excluding hydrogens is 216 g/mol. The minimum absolute atomic E-state index is 0. The molecule has 0 aliphatic carbocycles. The van der Waals surface area contributed by atoms with Crippen LogP contribution in [0.15, 0.2) is 0 Å². The summed E-state index contributed by atoms with van der Waals surface area (Å²) in [7, 11) is 0. The summed E-state index contributed by atoms with van der Waals surface area (Å²) in [6, 6.07) is 0. The molecule has 1 saturated heterocycles. The van der Waals surface area contributed by atoms with Crippen molar-refractivity contribution in [2.75, 3.05) is 13.2 Å². The van der Waals surface area contributed by atoms with E-state index >= 15 is 0 Å². The van der Waals surface area contributed by atoms with Crippen LogP contribution in [0.5, 0.6) is 0 Å². The van der Waals surface area contributed by atoms with E-state index < -0.39 is 0 Å². The standard InChI is InChI=1S/C10H20N2O2.ClH/c1-10(2,11)7-12-9(13)6-8-4-3-5-14-8;/h8H,3-7,11H2,1-2H3,(H,12,13);1H. The number of rotatable bonds is 4. The molecule has 1 heterocycles. The Labute approximate surface area is 97.3 Å². The lowest BCUT2D eigenvalue weighted by molar-refractivity contribution is -0.123. The molecule has 0 saturated carbocycles. The van der Waals surface area contributed by atoms with Crippen LogP contribution in [0.1, 0.15) is 33.1 Å². The normalized spacial score (nSPS) is 20.9. The lowest BCUT2D eigenvalue weighted by Gasteiger charge is -2.19. The van der Waals surface area contributed by atoms with Gasteiger partial charge in [-0.3, -0.25) is 4.79 Å². The van der Waals surface area contributed by atoms with Gasteiger partial charge in [0.2, 0.25) is 5.91 Å². The maximum atomic E-state index is 11.4. The van der Waals surface area contributed by atoms with Gasteiger partial charge in [0.15, 0.2) is 0 Å². The lowest BCUT2D eigenvalue weighted by Crippen LogP contribution is -2.45. The summed E-state index contributed by atoms with van der Waals surface area (Å²) in [5.74, 6) is 0.0374. The highest BCUT2D eigenvalue weighted by Crippen LogP contribution is 2.14. The molecule has 15 heavy (non-hydrogen) atoms. The van der Waals surface area contributed by atoms with Crippen molar-refractivity contribution in [3.05, 3.63) is 0 Å². The van der Waals surface area contributed by atoms with Crippen LogP contribution in [0.25, 0.3) is 0 Å². The average molecular weight is 237 g/mol. The molecule has 3 N–H and O–H groups in total. The fraction of sp³-hybridized carbons (Fsp3) is 0.900. The van der Waals surface area contributed by atoms with Gasteiger partial charge in [-0.05, 0) is 26.7 Å². The van der Waals surface area contributed by atoms with E-state index in [2.05, 4.69) is 5.32 Å². The minimum atomic E-state index is -0.341. The van der Waals surface area contributed by atoms with Crippen molar-refractivity contribution >= 4 is 18.3 Å². The molecule has 90 valence electrons. The number of carbonyl (C=O) groups is 1. The number of halogens is 1. The number of nitrogens with two attached hydrogens (primary N) is 1. The first kappa shape index (κ1) is 14.7. The Kier molecular flexibility index (Phi) is 6.17. The Hall–Kier alpha value is -0.320. The third kappa shape index (κ3) is 6.71. The van der Waals surface area contributed by atoms with Crippen LogP contribution >= 0.6 is 12.4 Å². The Bertz CT molecular complexity index is 198. The van der Waals surface area contributed by atoms with Crippen molar-refractivity contribution in [2.24, 2.45) is 5.73 Å². The van der Waals surface area contributed by atoms with Crippen molar-refractivity contribution in [3.63, 3.8) is 0 Å². The van der Waals surface area contributed by atoms with Crippen molar-refractivity contribution in [3.8, 4) is 0 Å². The molecule has 4 nitrogen and oxygen atoms in total. The molecule has 5 heteroatoms. The third-order valence-corrected chi connectivity index (χ3v) is 2.18. The first-order chi connectivity index (χ1) is 6.47. The van der Waals surface area contributed by atoms with Crippen LogP contribution in [-0.4, -0.2) is 30.7 Å². The summed E-state index contributed by atoms with van der Waals surface area (Å²) < 4.78 is 5.36. The Morgan fingerprint density at radius 1 is 1.60 bits per heavy atom. The maximum Gasteiger partial charge on any atom is 0.222 e. The smallest absolute Gasteiger partial charge is 0.222 e. The summed E-state index contributed by atoms with van der Waals surface area (Å²) in [4.78, 5) is 11.4. The molecule has 0 aromatic heterocycles. The van der Waals surface area contributed by atoms with Gasteiger partial charge >= 0.3 is 0 Å². The van der Waals surface area contributed by atoms with Crippen molar-refractivity contribution in [1.29, 1.82) is 0 Å². The topological polar surface area (TPSA) is 64.3 Å². The van der Waals surface area contributed by atoms with Gasteiger partial charge in [0.05, 0.1) is 12.5 Å². The van der Waals surface area contributed by atoms with E-state index in [1.165, 1.54) is 0 Å². The highest BCUT2D eigenvalue weighted by molar-refractivity contribution is 5.85. The highest BCUT2D eigenvalue weighted by Gasteiger charge is 2.20. The molecule has 1 aliphatic rings. The predicted octanol–water partition coefficient (Wildman–Crippen LogP) is 0.831. The molecule has 1 rings (SSSR count). The van der Waals surface area contributed by atoms with Crippen molar-refractivity contribution in [1.82, 2.24) is 5.32 Å². The van der Waals surface area contributed by atoms with E-state index in [4.69, 9.17) is 10.5 Å². The number of ether oxygens (including phenoxy) is 1.